The minimum absolute atomic E-state index is 0.149. The maximum Gasteiger partial charge on any atom is 0.312 e. The van der Waals surface area contributed by atoms with E-state index in [1.807, 2.05) is 0 Å². The number of fused-ring (bicyclic) bond motifs is 1. The van der Waals surface area contributed by atoms with Crippen molar-refractivity contribution in [2.75, 3.05) is 13.4 Å². The lowest BCUT2D eigenvalue weighted by molar-refractivity contribution is -0.195. The summed E-state index contributed by atoms with van der Waals surface area (Å²) in [5.74, 6) is 1.36. The highest BCUT2D eigenvalue weighted by Gasteiger charge is 2.60. The van der Waals surface area contributed by atoms with Gasteiger partial charge in [-0.05, 0) is 68.6 Å². The van der Waals surface area contributed by atoms with Gasteiger partial charge in [-0.25, -0.2) is 0 Å². The van der Waals surface area contributed by atoms with Crippen LogP contribution in [0.25, 0.3) is 0 Å². The van der Waals surface area contributed by atoms with Crippen LogP contribution < -0.4 is 9.47 Å². The summed E-state index contributed by atoms with van der Waals surface area (Å²) < 4.78 is 16.0. The van der Waals surface area contributed by atoms with E-state index in [1.165, 1.54) is 0 Å². The molecule has 138 valence electrons. The predicted octanol–water partition coefficient (Wildman–Crippen LogP) is 2.47. The fourth-order valence-electron chi connectivity index (χ4n) is 5.89. The molecule has 26 heavy (non-hydrogen) atoms. The second kappa shape index (κ2) is 5.46. The molecule has 1 N–H and O–H groups in total. The molecule has 0 spiro atoms. The quantitative estimate of drug-likeness (QED) is 0.658. The molecule has 4 atom stereocenters. The van der Waals surface area contributed by atoms with Crippen molar-refractivity contribution in [3.63, 3.8) is 0 Å². The summed E-state index contributed by atoms with van der Waals surface area (Å²) in [6.45, 7) is -0.135. The van der Waals surface area contributed by atoms with Crippen molar-refractivity contribution in [3.8, 4) is 11.5 Å². The maximum atomic E-state index is 12.8. The Kier molecular flexibility index (Phi) is 3.38. The predicted molar refractivity (Wildman–Crippen MR) is 89.9 cm³/mol. The third kappa shape index (κ3) is 2.50. The smallest absolute Gasteiger partial charge is 0.312 e. The molecule has 0 aromatic heterocycles. The van der Waals surface area contributed by atoms with Gasteiger partial charge in [0.1, 0.15) is 0 Å². The molecule has 4 saturated carbocycles. The number of benzene rings is 1. The fraction of sp³-hybridized carbons (Fsp3) is 0.600. The van der Waals surface area contributed by atoms with Crippen LogP contribution in [0.2, 0.25) is 0 Å². The molecule has 4 aliphatic carbocycles. The lowest BCUT2D eigenvalue weighted by Crippen LogP contribution is -2.58. The summed E-state index contributed by atoms with van der Waals surface area (Å²) in [4.78, 5) is 25.2. The molecule has 1 aliphatic heterocycles. The first-order chi connectivity index (χ1) is 12.4. The van der Waals surface area contributed by atoms with Crippen molar-refractivity contribution in [2.45, 2.75) is 44.1 Å². The molecule has 6 nitrogen and oxygen atoms in total. The van der Waals surface area contributed by atoms with E-state index >= 15 is 0 Å². The summed E-state index contributed by atoms with van der Waals surface area (Å²) in [6.07, 6.45) is 4.74. The Balaban J connectivity index is 1.27. The van der Waals surface area contributed by atoms with Gasteiger partial charge in [0.2, 0.25) is 6.79 Å². The molecule has 4 bridgehead atoms. The number of aliphatic hydroxyl groups is 1. The lowest BCUT2D eigenvalue weighted by atomic mass is 9.48. The molecule has 0 amide bonds. The standard InChI is InChI=1S/C20H22O6/c21-15(14-1-2-16-17(4-14)26-11-25-16)9-24-18(22)19-5-12-3-13(6-19)8-20(23,7-12)10-19/h1-2,4,12-13,23H,3,5-11H2/t12-,13+,19?,20?. The van der Waals surface area contributed by atoms with E-state index in [0.29, 0.717) is 35.3 Å². The SMILES string of the molecule is O=C(COC(=O)C12C[C@@H]3C[C@@H](CC(O)(C3)C1)C2)c1ccc2c(c1)OCO2. The van der Waals surface area contributed by atoms with Crippen LogP contribution in [0.4, 0.5) is 0 Å². The molecule has 1 aromatic carbocycles. The second-order valence-electron chi connectivity index (χ2n) is 8.53. The Morgan fingerprint density at radius 1 is 1.12 bits per heavy atom. The first-order valence-corrected chi connectivity index (χ1v) is 9.27. The zero-order valence-electron chi connectivity index (χ0n) is 14.5. The normalized spacial score (nSPS) is 36.2. The van der Waals surface area contributed by atoms with Gasteiger partial charge < -0.3 is 19.3 Å². The van der Waals surface area contributed by atoms with Gasteiger partial charge in [-0.15, -0.1) is 0 Å². The number of rotatable bonds is 4. The van der Waals surface area contributed by atoms with E-state index in [4.69, 9.17) is 14.2 Å². The largest absolute Gasteiger partial charge is 0.457 e. The van der Waals surface area contributed by atoms with Crippen LogP contribution in [0.5, 0.6) is 11.5 Å². The van der Waals surface area contributed by atoms with E-state index in [1.54, 1.807) is 18.2 Å². The van der Waals surface area contributed by atoms with E-state index in [2.05, 4.69) is 0 Å². The van der Waals surface area contributed by atoms with Crippen LogP contribution >= 0.6 is 0 Å². The van der Waals surface area contributed by atoms with E-state index < -0.39 is 11.0 Å². The molecular formula is C20H22O6. The van der Waals surface area contributed by atoms with Crippen molar-refractivity contribution in [3.05, 3.63) is 23.8 Å². The maximum absolute atomic E-state index is 12.8. The number of hydrogen-bond donors (Lipinski definition) is 1. The van der Waals surface area contributed by atoms with Gasteiger partial charge in [0.05, 0.1) is 11.0 Å². The Hall–Kier alpha value is -2.08. The van der Waals surface area contributed by atoms with Crippen molar-refractivity contribution >= 4 is 11.8 Å². The summed E-state index contributed by atoms with van der Waals surface area (Å²) in [5, 5.41) is 10.8. The van der Waals surface area contributed by atoms with Gasteiger partial charge in [-0.1, -0.05) is 0 Å². The van der Waals surface area contributed by atoms with E-state index in [-0.39, 0.29) is 25.2 Å². The molecule has 1 aromatic rings. The fourth-order valence-corrected chi connectivity index (χ4v) is 5.89. The van der Waals surface area contributed by atoms with Crippen LogP contribution in [0.15, 0.2) is 18.2 Å². The minimum atomic E-state index is -0.718. The van der Waals surface area contributed by atoms with Crippen LogP contribution in [-0.2, 0) is 9.53 Å². The zero-order valence-corrected chi connectivity index (χ0v) is 14.5. The summed E-state index contributed by atoms with van der Waals surface area (Å²) >= 11 is 0. The van der Waals surface area contributed by atoms with Crippen molar-refractivity contribution in [2.24, 2.45) is 17.3 Å². The Labute approximate surface area is 151 Å². The van der Waals surface area contributed by atoms with Crippen LogP contribution in [0.3, 0.4) is 0 Å². The molecule has 0 radical (unpaired) electrons. The highest BCUT2D eigenvalue weighted by atomic mass is 16.7. The van der Waals surface area contributed by atoms with Gasteiger partial charge in [0.25, 0.3) is 0 Å². The van der Waals surface area contributed by atoms with Gasteiger partial charge >= 0.3 is 5.97 Å². The Morgan fingerprint density at radius 3 is 2.58 bits per heavy atom. The molecule has 5 aliphatic rings. The first-order valence-electron chi connectivity index (χ1n) is 9.27. The molecule has 1 heterocycles. The minimum Gasteiger partial charge on any atom is -0.457 e. The summed E-state index contributed by atoms with van der Waals surface area (Å²) in [5.41, 5.74) is -0.885. The molecular weight excluding hydrogens is 336 g/mol. The second-order valence-corrected chi connectivity index (χ2v) is 8.53. The summed E-state index contributed by atoms with van der Waals surface area (Å²) in [6, 6.07) is 4.95. The summed E-state index contributed by atoms with van der Waals surface area (Å²) in [7, 11) is 0. The molecule has 4 fully saturated rings. The van der Waals surface area contributed by atoms with Crippen LogP contribution in [0.1, 0.15) is 48.9 Å². The third-order valence-electron chi connectivity index (χ3n) is 6.49. The number of carbonyl (C=O) groups excluding carboxylic acids is 2. The van der Waals surface area contributed by atoms with Gasteiger partial charge in [0, 0.05) is 5.56 Å². The van der Waals surface area contributed by atoms with E-state index in [0.717, 1.165) is 32.1 Å². The van der Waals surface area contributed by atoms with Crippen molar-refractivity contribution in [1.82, 2.24) is 0 Å². The van der Waals surface area contributed by atoms with Crippen LogP contribution in [-0.4, -0.2) is 35.9 Å². The molecule has 0 saturated heterocycles. The number of ether oxygens (including phenoxy) is 3. The number of carbonyl (C=O) groups is 2. The van der Waals surface area contributed by atoms with Crippen molar-refractivity contribution in [1.29, 1.82) is 0 Å². The van der Waals surface area contributed by atoms with Crippen molar-refractivity contribution < 1.29 is 28.9 Å². The number of esters is 1. The Bertz CT molecular complexity index is 771. The average molecular weight is 358 g/mol. The molecule has 6 rings (SSSR count). The van der Waals surface area contributed by atoms with Gasteiger partial charge in [0.15, 0.2) is 23.9 Å². The highest BCUT2D eigenvalue weighted by molar-refractivity contribution is 5.98. The van der Waals surface area contributed by atoms with Gasteiger partial charge in [-0.3, -0.25) is 9.59 Å². The molecule has 2 unspecified atom stereocenters. The monoisotopic (exact) mass is 358 g/mol. The average Bonchev–Trinajstić information content (AvgIpc) is 3.04. The van der Waals surface area contributed by atoms with E-state index in [9.17, 15) is 14.7 Å². The first kappa shape index (κ1) is 16.1. The number of ketones is 1. The lowest BCUT2D eigenvalue weighted by Gasteiger charge is -2.58. The topological polar surface area (TPSA) is 82.1 Å². The highest BCUT2D eigenvalue weighted by Crippen LogP contribution is 2.61. The number of hydrogen-bond acceptors (Lipinski definition) is 6. The Morgan fingerprint density at radius 2 is 1.85 bits per heavy atom. The van der Waals surface area contributed by atoms with Gasteiger partial charge in [-0.2, -0.15) is 0 Å². The number of Topliss-reactive ketones (excluding diaryl/α,β-unsaturated/α-hetero) is 1. The third-order valence-corrected chi connectivity index (χ3v) is 6.49. The molecule has 6 heteroatoms. The van der Waals surface area contributed by atoms with Crippen LogP contribution in [0, 0.1) is 17.3 Å². The zero-order chi connectivity index (χ0) is 17.9.